The van der Waals surface area contributed by atoms with Crippen LogP contribution >= 0.6 is 12.2 Å². The molecule has 0 atom stereocenters. The molecule has 0 aliphatic rings. The van der Waals surface area contributed by atoms with Gasteiger partial charge < -0.3 is 5.11 Å². The number of carbonyl (C=O) groups is 2. The Hall–Kier alpha value is -3.19. The fraction of sp³-hybridized carbons (Fsp3) is 0. The van der Waals surface area contributed by atoms with Gasteiger partial charge in [0.15, 0.2) is 5.11 Å². The van der Waals surface area contributed by atoms with E-state index in [1.165, 1.54) is 30.3 Å². The Kier molecular flexibility index (Phi) is 6.04. The predicted octanol–water partition coefficient (Wildman–Crippen LogP) is 1.74. The van der Waals surface area contributed by atoms with Crippen molar-refractivity contribution in [2.45, 2.75) is 0 Å². The molecule has 0 aliphatic carbocycles. The lowest BCUT2D eigenvalue weighted by Crippen LogP contribution is -2.48. The molecule has 0 heterocycles. The fourth-order valence-electron chi connectivity index (χ4n) is 1.72. The van der Waals surface area contributed by atoms with E-state index >= 15 is 0 Å². The summed E-state index contributed by atoms with van der Waals surface area (Å²) < 4.78 is 0. The second-order valence-electron chi connectivity index (χ2n) is 4.69. The number of nitrogens with one attached hydrogen (secondary N) is 3. The molecule has 2 amide bonds. The number of phenolic OH excluding ortho intramolecular Hbond substituents is 1. The Morgan fingerprint density at radius 1 is 0.958 bits per heavy atom. The third-order valence-corrected chi connectivity index (χ3v) is 3.09. The topological polar surface area (TPSA) is 90.5 Å². The molecule has 7 heteroatoms. The smallest absolute Gasteiger partial charge is 0.269 e. The van der Waals surface area contributed by atoms with Crippen LogP contribution < -0.4 is 16.2 Å². The van der Waals surface area contributed by atoms with Crippen LogP contribution in [0.3, 0.4) is 0 Å². The Balaban J connectivity index is 1.78. The maximum atomic E-state index is 11.8. The third-order valence-electron chi connectivity index (χ3n) is 2.88. The molecular weight excluding hydrogens is 326 g/mol. The van der Waals surface area contributed by atoms with E-state index in [2.05, 4.69) is 16.2 Å². The maximum absolute atomic E-state index is 11.8. The molecule has 0 unspecified atom stereocenters. The summed E-state index contributed by atoms with van der Waals surface area (Å²) >= 11 is 4.92. The highest BCUT2D eigenvalue weighted by Gasteiger charge is 2.06. The molecule has 0 bridgehead atoms. The largest absolute Gasteiger partial charge is 0.508 e. The maximum Gasteiger partial charge on any atom is 0.269 e. The second kappa shape index (κ2) is 8.44. The van der Waals surface area contributed by atoms with Crippen molar-refractivity contribution in [3.05, 3.63) is 71.8 Å². The van der Waals surface area contributed by atoms with Crippen LogP contribution in [0.2, 0.25) is 0 Å². The number of hydrazine groups is 1. The molecule has 0 aliphatic heterocycles. The van der Waals surface area contributed by atoms with E-state index in [0.717, 1.165) is 5.56 Å². The summed E-state index contributed by atoms with van der Waals surface area (Å²) in [5.74, 6) is -0.811. The van der Waals surface area contributed by atoms with Crippen LogP contribution in [-0.4, -0.2) is 22.0 Å². The van der Waals surface area contributed by atoms with Crippen molar-refractivity contribution in [2.75, 3.05) is 0 Å². The number of benzene rings is 2. The van der Waals surface area contributed by atoms with Crippen LogP contribution in [-0.2, 0) is 4.79 Å². The Bertz CT molecular complexity index is 758. The molecule has 4 N–H and O–H groups in total. The van der Waals surface area contributed by atoms with Gasteiger partial charge in [-0.2, -0.15) is 0 Å². The van der Waals surface area contributed by atoms with E-state index in [1.54, 1.807) is 6.08 Å². The number of thiocarbonyl (C=S) groups is 1. The first-order valence-electron chi connectivity index (χ1n) is 6.98. The SMILES string of the molecule is O=C(C=Cc1ccccc1)NC(=S)NNC(=O)c1ccc(O)cc1. The zero-order valence-electron chi connectivity index (χ0n) is 12.5. The van der Waals surface area contributed by atoms with Gasteiger partial charge in [-0.05, 0) is 48.1 Å². The number of rotatable bonds is 3. The number of aromatic hydroxyl groups is 1. The highest BCUT2D eigenvalue weighted by atomic mass is 32.1. The third kappa shape index (κ3) is 5.54. The molecule has 6 nitrogen and oxygen atoms in total. The number of hydrogen-bond donors (Lipinski definition) is 4. The van der Waals surface area contributed by atoms with Gasteiger partial charge in [0.25, 0.3) is 5.91 Å². The van der Waals surface area contributed by atoms with Crippen molar-refractivity contribution in [1.29, 1.82) is 0 Å². The molecule has 2 aromatic carbocycles. The van der Waals surface area contributed by atoms with Gasteiger partial charge in [0, 0.05) is 11.6 Å². The molecule has 0 aromatic heterocycles. The molecule has 24 heavy (non-hydrogen) atoms. The summed E-state index contributed by atoms with van der Waals surface area (Å²) in [5.41, 5.74) is 5.99. The molecule has 2 rings (SSSR count). The zero-order chi connectivity index (χ0) is 17.4. The average Bonchev–Trinajstić information content (AvgIpc) is 2.59. The van der Waals surface area contributed by atoms with Gasteiger partial charge in [0.05, 0.1) is 0 Å². The van der Waals surface area contributed by atoms with Gasteiger partial charge >= 0.3 is 0 Å². The summed E-state index contributed by atoms with van der Waals surface area (Å²) in [7, 11) is 0. The van der Waals surface area contributed by atoms with Crippen LogP contribution in [0.1, 0.15) is 15.9 Å². The van der Waals surface area contributed by atoms with Crippen molar-refractivity contribution >= 4 is 35.2 Å². The summed E-state index contributed by atoms with van der Waals surface area (Å²) in [4.78, 5) is 23.5. The van der Waals surface area contributed by atoms with Crippen molar-refractivity contribution in [3.63, 3.8) is 0 Å². The minimum absolute atomic E-state index is 0.0372. The van der Waals surface area contributed by atoms with Gasteiger partial charge in [-0.1, -0.05) is 30.3 Å². The van der Waals surface area contributed by atoms with E-state index < -0.39 is 11.8 Å². The minimum Gasteiger partial charge on any atom is -0.508 e. The lowest BCUT2D eigenvalue weighted by Gasteiger charge is -2.09. The normalized spacial score (nSPS) is 10.2. The molecule has 0 spiro atoms. The van der Waals surface area contributed by atoms with Crippen molar-refractivity contribution in [2.24, 2.45) is 0 Å². The van der Waals surface area contributed by atoms with Crippen LogP contribution in [0.25, 0.3) is 6.08 Å². The van der Waals surface area contributed by atoms with E-state index in [9.17, 15) is 9.59 Å². The number of hydrogen-bond acceptors (Lipinski definition) is 4. The molecule has 0 radical (unpaired) electrons. The molecule has 0 saturated carbocycles. The van der Waals surface area contributed by atoms with Gasteiger partial charge in [-0.25, -0.2) is 0 Å². The molecule has 0 fully saturated rings. The molecule has 2 aromatic rings. The van der Waals surface area contributed by atoms with E-state index in [0.29, 0.717) is 5.56 Å². The van der Waals surface area contributed by atoms with E-state index in [-0.39, 0.29) is 10.9 Å². The lowest BCUT2D eigenvalue weighted by molar-refractivity contribution is -0.115. The standard InChI is InChI=1S/C17H15N3O3S/c21-14-9-7-13(8-10-14)16(23)19-20-17(24)18-15(22)11-6-12-4-2-1-3-5-12/h1-11,21H,(H,19,23)(H2,18,20,22,24). The summed E-state index contributed by atoms with van der Waals surface area (Å²) in [5, 5.41) is 11.5. The number of carbonyl (C=O) groups excluding carboxylic acids is 2. The monoisotopic (exact) mass is 341 g/mol. The zero-order valence-corrected chi connectivity index (χ0v) is 13.3. The molecule has 122 valence electrons. The van der Waals surface area contributed by atoms with Crippen molar-refractivity contribution in [3.8, 4) is 5.75 Å². The Morgan fingerprint density at radius 2 is 1.62 bits per heavy atom. The fourth-order valence-corrected chi connectivity index (χ4v) is 1.87. The van der Waals surface area contributed by atoms with E-state index in [4.69, 9.17) is 17.3 Å². The highest BCUT2D eigenvalue weighted by Crippen LogP contribution is 2.08. The number of amides is 2. The molecular formula is C17H15N3O3S. The Labute approximate surface area is 144 Å². The first-order valence-corrected chi connectivity index (χ1v) is 7.39. The van der Waals surface area contributed by atoms with Crippen LogP contribution in [0.4, 0.5) is 0 Å². The first kappa shape index (κ1) is 17.2. The van der Waals surface area contributed by atoms with Crippen molar-refractivity contribution in [1.82, 2.24) is 16.2 Å². The van der Waals surface area contributed by atoms with Crippen LogP contribution in [0.5, 0.6) is 5.75 Å². The second-order valence-corrected chi connectivity index (χ2v) is 5.10. The molecule has 0 saturated heterocycles. The van der Waals surface area contributed by atoms with Crippen molar-refractivity contribution < 1.29 is 14.7 Å². The van der Waals surface area contributed by atoms with Gasteiger partial charge in [0.2, 0.25) is 5.91 Å². The van der Waals surface area contributed by atoms with Gasteiger partial charge in [-0.3, -0.25) is 25.8 Å². The van der Waals surface area contributed by atoms with E-state index in [1.807, 2.05) is 30.3 Å². The number of phenols is 1. The summed E-state index contributed by atoms with van der Waals surface area (Å²) in [6.45, 7) is 0. The van der Waals surface area contributed by atoms with Gasteiger partial charge in [-0.15, -0.1) is 0 Å². The Morgan fingerprint density at radius 3 is 2.29 bits per heavy atom. The summed E-state index contributed by atoms with van der Waals surface area (Å²) in [6.07, 6.45) is 2.98. The van der Waals surface area contributed by atoms with Gasteiger partial charge in [0.1, 0.15) is 5.75 Å². The quantitative estimate of drug-likeness (QED) is 0.388. The lowest BCUT2D eigenvalue weighted by atomic mass is 10.2. The predicted molar refractivity (Wildman–Crippen MR) is 94.9 cm³/mol. The highest BCUT2D eigenvalue weighted by molar-refractivity contribution is 7.80. The summed E-state index contributed by atoms with van der Waals surface area (Å²) in [6, 6.07) is 15.0. The average molecular weight is 341 g/mol. The van der Waals surface area contributed by atoms with Crippen LogP contribution in [0, 0.1) is 0 Å². The minimum atomic E-state index is -0.452. The first-order chi connectivity index (χ1) is 11.5. The van der Waals surface area contributed by atoms with Crippen LogP contribution in [0.15, 0.2) is 60.7 Å².